The van der Waals surface area contributed by atoms with E-state index in [1.54, 1.807) is 11.9 Å². The highest BCUT2D eigenvalue weighted by Gasteiger charge is 2.27. The number of rotatable bonds is 5. The van der Waals surface area contributed by atoms with Crippen molar-refractivity contribution < 1.29 is 23.1 Å². The average molecular weight is 318 g/mol. The summed E-state index contributed by atoms with van der Waals surface area (Å²) in [6.45, 7) is 4.54. The first kappa shape index (κ1) is 15.9. The number of hydrogen-bond acceptors (Lipinski definition) is 6. The van der Waals surface area contributed by atoms with Crippen LogP contribution in [0.25, 0.3) is 0 Å². The summed E-state index contributed by atoms with van der Waals surface area (Å²) in [5.74, 6) is -1.08. The summed E-state index contributed by atoms with van der Waals surface area (Å²) in [4.78, 5) is 13.3. The second-order valence-corrected chi connectivity index (χ2v) is 6.34. The Morgan fingerprint density at radius 1 is 1.38 bits per heavy atom. The molecule has 118 valence electrons. The number of nitrogens with zero attached hydrogens (tertiary/aromatic N) is 3. The zero-order valence-electron chi connectivity index (χ0n) is 11.9. The highest BCUT2D eigenvalue weighted by molar-refractivity contribution is 7.89. The number of hydrogen-bond donors (Lipinski definition) is 2. The highest BCUT2D eigenvalue weighted by Crippen LogP contribution is 2.19. The molecule has 1 fully saturated rings. The van der Waals surface area contributed by atoms with Crippen LogP contribution < -0.4 is 4.83 Å². The smallest absolute Gasteiger partial charge is 0.325 e. The second-order valence-electron chi connectivity index (χ2n) is 4.75. The number of nitrogens with one attached hydrogen (secondary N) is 1. The third kappa shape index (κ3) is 3.59. The molecule has 1 aromatic heterocycles. The molecule has 9 nitrogen and oxygen atoms in total. The van der Waals surface area contributed by atoms with Gasteiger partial charge >= 0.3 is 5.97 Å². The summed E-state index contributed by atoms with van der Waals surface area (Å²) in [5, 5.41) is 14.4. The fourth-order valence-electron chi connectivity index (χ4n) is 2.22. The first-order valence-corrected chi connectivity index (χ1v) is 7.90. The molecule has 21 heavy (non-hydrogen) atoms. The van der Waals surface area contributed by atoms with Crippen molar-refractivity contribution in [2.24, 2.45) is 0 Å². The Bertz CT molecular complexity index is 633. The maximum absolute atomic E-state index is 12.4. The molecule has 0 radical (unpaired) electrons. The van der Waals surface area contributed by atoms with Gasteiger partial charge in [0.15, 0.2) is 0 Å². The zero-order valence-corrected chi connectivity index (χ0v) is 12.7. The van der Waals surface area contributed by atoms with Gasteiger partial charge in [-0.2, -0.15) is 5.10 Å². The molecule has 2 rings (SSSR count). The average Bonchev–Trinajstić information content (AvgIpc) is 2.64. The number of carbonyl (C=O) groups is 1. The molecule has 0 unspecified atom stereocenters. The number of sulfonamides is 1. The molecule has 0 bridgehead atoms. The van der Waals surface area contributed by atoms with Crippen LogP contribution in [0.3, 0.4) is 0 Å². The Balaban J connectivity index is 2.26. The number of carboxylic acids is 1. The summed E-state index contributed by atoms with van der Waals surface area (Å²) >= 11 is 0. The van der Waals surface area contributed by atoms with Crippen LogP contribution in [0.2, 0.25) is 0 Å². The van der Waals surface area contributed by atoms with E-state index in [4.69, 9.17) is 9.84 Å². The van der Waals surface area contributed by atoms with E-state index < -0.39 is 16.0 Å². The molecule has 0 amide bonds. The van der Waals surface area contributed by atoms with Gasteiger partial charge in [0.1, 0.15) is 11.4 Å². The van der Waals surface area contributed by atoms with Gasteiger partial charge in [0.05, 0.1) is 24.6 Å². The lowest BCUT2D eigenvalue weighted by Crippen LogP contribution is -2.48. The number of aromatic nitrogens is 2. The summed E-state index contributed by atoms with van der Waals surface area (Å²) in [7, 11) is -3.79. The van der Waals surface area contributed by atoms with Crippen LogP contribution in [0.5, 0.6) is 0 Å². The molecule has 0 saturated carbocycles. The first-order valence-electron chi connectivity index (χ1n) is 6.42. The van der Waals surface area contributed by atoms with Crippen molar-refractivity contribution in [3.63, 3.8) is 0 Å². The Hall–Kier alpha value is -1.49. The summed E-state index contributed by atoms with van der Waals surface area (Å²) in [5.41, 5.74) is 0.574. The predicted octanol–water partition coefficient (Wildman–Crippen LogP) is -0.890. The third-order valence-corrected chi connectivity index (χ3v) is 4.76. The lowest BCUT2D eigenvalue weighted by molar-refractivity contribution is -0.137. The fourth-order valence-corrected chi connectivity index (χ4v) is 3.76. The number of carboxylic acid groups (broad SMARTS) is 1. The third-order valence-electron chi connectivity index (χ3n) is 3.13. The van der Waals surface area contributed by atoms with E-state index in [0.717, 1.165) is 0 Å². The van der Waals surface area contributed by atoms with Crippen LogP contribution in [0, 0.1) is 13.8 Å². The summed E-state index contributed by atoms with van der Waals surface area (Å²) < 4.78 is 31.2. The number of aliphatic carboxylic acids is 1. The Labute approximate surface area is 122 Å². The van der Waals surface area contributed by atoms with Gasteiger partial charge in [-0.1, -0.05) is 0 Å². The van der Waals surface area contributed by atoms with Crippen molar-refractivity contribution in [1.82, 2.24) is 19.6 Å². The van der Waals surface area contributed by atoms with E-state index in [0.29, 0.717) is 32.0 Å². The van der Waals surface area contributed by atoms with E-state index in [1.165, 1.54) is 11.6 Å². The van der Waals surface area contributed by atoms with Crippen molar-refractivity contribution >= 4 is 16.0 Å². The van der Waals surface area contributed by atoms with E-state index in [9.17, 15) is 13.2 Å². The minimum atomic E-state index is -3.79. The molecule has 10 heteroatoms. The van der Waals surface area contributed by atoms with Crippen molar-refractivity contribution in [1.29, 1.82) is 0 Å². The normalized spacial score (nSPS) is 17.0. The van der Waals surface area contributed by atoms with E-state index in [-0.39, 0.29) is 17.1 Å². The van der Waals surface area contributed by atoms with Crippen molar-refractivity contribution in [2.45, 2.75) is 25.3 Å². The highest BCUT2D eigenvalue weighted by atomic mass is 32.2. The molecular formula is C11H18N4O5S. The van der Waals surface area contributed by atoms with Crippen LogP contribution in [0.4, 0.5) is 0 Å². The van der Waals surface area contributed by atoms with Crippen molar-refractivity contribution in [2.75, 3.05) is 26.3 Å². The molecule has 0 aromatic carbocycles. The standard InChI is InChI=1S/C11H18N4O5S/c1-8-11(9(2)15(12-8)7-10(16)17)21(18,19)13-14-3-5-20-6-4-14/h13H,3-7H2,1-2H3,(H,16,17). The zero-order chi connectivity index (χ0) is 15.6. The van der Waals surface area contributed by atoms with Crippen LogP contribution in [-0.2, 0) is 26.1 Å². The lowest BCUT2D eigenvalue weighted by atomic mass is 10.4. The van der Waals surface area contributed by atoms with Gasteiger partial charge in [0, 0.05) is 13.1 Å². The van der Waals surface area contributed by atoms with Crippen LogP contribution in [0.15, 0.2) is 4.90 Å². The monoisotopic (exact) mass is 318 g/mol. The maximum Gasteiger partial charge on any atom is 0.325 e. The van der Waals surface area contributed by atoms with Gasteiger partial charge < -0.3 is 9.84 Å². The SMILES string of the molecule is Cc1nn(CC(=O)O)c(C)c1S(=O)(=O)NN1CCOCC1. The van der Waals surface area contributed by atoms with Crippen LogP contribution in [0.1, 0.15) is 11.4 Å². The minimum Gasteiger partial charge on any atom is -0.480 e. The first-order chi connectivity index (χ1) is 9.81. The van der Waals surface area contributed by atoms with Crippen molar-refractivity contribution in [3.05, 3.63) is 11.4 Å². The quantitative estimate of drug-likeness (QED) is 0.724. The number of aryl methyl sites for hydroxylation is 1. The van der Waals surface area contributed by atoms with Gasteiger partial charge in [-0.25, -0.2) is 13.4 Å². The summed E-state index contributed by atoms with van der Waals surface area (Å²) in [6.07, 6.45) is 0. The van der Waals surface area contributed by atoms with Gasteiger partial charge in [-0.3, -0.25) is 9.48 Å². The molecule has 1 aliphatic heterocycles. The molecule has 2 N–H and O–H groups in total. The Morgan fingerprint density at radius 3 is 2.57 bits per heavy atom. The molecular weight excluding hydrogens is 300 g/mol. The van der Waals surface area contributed by atoms with E-state index in [2.05, 4.69) is 9.93 Å². The number of ether oxygens (including phenoxy) is 1. The molecule has 1 aliphatic rings. The Kier molecular flexibility index (Phi) is 4.61. The predicted molar refractivity (Wildman–Crippen MR) is 72.1 cm³/mol. The van der Waals surface area contributed by atoms with Gasteiger partial charge in [-0.05, 0) is 13.8 Å². The molecule has 0 aliphatic carbocycles. The lowest BCUT2D eigenvalue weighted by Gasteiger charge is -2.26. The van der Waals surface area contributed by atoms with Crippen molar-refractivity contribution in [3.8, 4) is 0 Å². The topological polar surface area (TPSA) is 114 Å². The summed E-state index contributed by atoms with van der Waals surface area (Å²) in [6, 6.07) is 0. The van der Waals surface area contributed by atoms with E-state index in [1.807, 2.05) is 0 Å². The van der Waals surface area contributed by atoms with Gasteiger partial charge in [0.2, 0.25) is 0 Å². The molecule has 2 heterocycles. The molecule has 0 spiro atoms. The molecule has 0 atom stereocenters. The van der Waals surface area contributed by atoms with Gasteiger partial charge in [-0.15, -0.1) is 4.83 Å². The van der Waals surface area contributed by atoms with Crippen LogP contribution >= 0.6 is 0 Å². The second kappa shape index (κ2) is 6.10. The van der Waals surface area contributed by atoms with E-state index >= 15 is 0 Å². The largest absolute Gasteiger partial charge is 0.480 e. The molecule has 1 saturated heterocycles. The van der Waals surface area contributed by atoms with Crippen LogP contribution in [-0.4, -0.2) is 60.6 Å². The Morgan fingerprint density at radius 2 is 2.00 bits per heavy atom. The fraction of sp³-hybridized carbons (Fsp3) is 0.636. The maximum atomic E-state index is 12.4. The molecule has 1 aromatic rings. The van der Waals surface area contributed by atoms with Gasteiger partial charge in [0.25, 0.3) is 10.0 Å². The number of hydrazine groups is 1. The number of morpholine rings is 1. The minimum absolute atomic E-state index is 0.0234.